The van der Waals surface area contributed by atoms with Crippen LogP contribution in [0.25, 0.3) is 0 Å². The average Bonchev–Trinajstić information content (AvgIpc) is 2.68. The molecule has 0 spiro atoms. The van der Waals surface area contributed by atoms with Crippen LogP contribution in [0.2, 0.25) is 0 Å². The maximum atomic E-state index is 12.3. The van der Waals surface area contributed by atoms with Gasteiger partial charge in [-0.25, -0.2) is 0 Å². The standard InChI is InChI=1S/C21H26N4O4/c1-4-22-21(28)15-7-5-8-16(11-15)23-19(26)13-25(2)14-20(27)24-17-9-6-10-18(12-17)29-3/h5-12H,4,13-14H2,1-3H3,(H,22,28)(H,23,26)(H,24,27)/p+1. The molecule has 4 N–H and O–H groups in total. The van der Waals surface area contributed by atoms with Crippen LogP contribution in [0.3, 0.4) is 0 Å². The van der Waals surface area contributed by atoms with E-state index in [0.717, 1.165) is 4.90 Å². The van der Waals surface area contributed by atoms with Crippen molar-refractivity contribution in [1.82, 2.24) is 5.32 Å². The number of hydrogen-bond acceptors (Lipinski definition) is 4. The fourth-order valence-corrected chi connectivity index (χ4v) is 2.72. The highest BCUT2D eigenvalue weighted by Crippen LogP contribution is 2.16. The maximum absolute atomic E-state index is 12.3. The lowest BCUT2D eigenvalue weighted by molar-refractivity contribution is -0.862. The quantitative estimate of drug-likeness (QED) is 0.494. The van der Waals surface area contributed by atoms with Crippen molar-refractivity contribution in [1.29, 1.82) is 0 Å². The van der Waals surface area contributed by atoms with Crippen molar-refractivity contribution in [3.63, 3.8) is 0 Å². The van der Waals surface area contributed by atoms with E-state index in [9.17, 15) is 14.4 Å². The Bertz CT molecular complexity index is 869. The number of benzene rings is 2. The fourth-order valence-electron chi connectivity index (χ4n) is 2.72. The third-order valence-corrected chi connectivity index (χ3v) is 4.02. The number of methoxy groups -OCH3 is 1. The highest BCUT2D eigenvalue weighted by molar-refractivity contribution is 5.97. The van der Waals surface area contributed by atoms with Crippen molar-refractivity contribution in [2.45, 2.75) is 6.92 Å². The third-order valence-electron chi connectivity index (χ3n) is 4.02. The van der Waals surface area contributed by atoms with E-state index in [-0.39, 0.29) is 30.8 Å². The van der Waals surface area contributed by atoms with Crippen LogP contribution in [0, 0.1) is 0 Å². The van der Waals surface area contributed by atoms with Crippen LogP contribution in [0.4, 0.5) is 11.4 Å². The molecule has 29 heavy (non-hydrogen) atoms. The summed E-state index contributed by atoms with van der Waals surface area (Å²) in [7, 11) is 3.32. The highest BCUT2D eigenvalue weighted by Gasteiger charge is 2.15. The molecule has 154 valence electrons. The number of carbonyl (C=O) groups is 3. The van der Waals surface area contributed by atoms with Gasteiger partial charge < -0.3 is 25.6 Å². The van der Waals surface area contributed by atoms with Crippen LogP contribution in [-0.2, 0) is 9.59 Å². The summed E-state index contributed by atoms with van der Waals surface area (Å²) in [6.45, 7) is 2.61. The van der Waals surface area contributed by atoms with Gasteiger partial charge >= 0.3 is 0 Å². The van der Waals surface area contributed by atoms with E-state index in [1.54, 1.807) is 62.7 Å². The molecule has 1 unspecified atom stereocenters. The summed E-state index contributed by atoms with van der Waals surface area (Å²) in [5.41, 5.74) is 1.64. The molecule has 3 amide bonds. The van der Waals surface area contributed by atoms with Crippen LogP contribution >= 0.6 is 0 Å². The average molecular weight is 399 g/mol. The van der Waals surface area contributed by atoms with Gasteiger partial charge in [-0.05, 0) is 37.3 Å². The molecule has 8 heteroatoms. The smallest absolute Gasteiger partial charge is 0.279 e. The molecular weight excluding hydrogens is 372 g/mol. The second kappa shape index (κ2) is 10.8. The van der Waals surface area contributed by atoms with Crippen molar-refractivity contribution < 1.29 is 24.0 Å². The van der Waals surface area contributed by atoms with Crippen LogP contribution in [0.15, 0.2) is 48.5 Å². The second-order valence-electron chi connectivity index (χ2n) is 6.58. The summed E-state index contributed by atoms with van der Waals surface area (Å²) in [5.74, 6) is 0.00445. The molecule has 0 saturated heterocycles. The molecule has 0 aromatic heterocycles. The van der Waals surface area contributed by atoms with Crippen molar-refractivity contribution in [2.24, 2.45) is 0 Å². The summed E-state index contributed by atoms with van der Waals surface area (Å²) < 4.78 is 5.13. The van der Waals surface area contributed by atoms with Crippen LogP contribution < -0.4 is 25.6 Å². The zero-order valence-electron chi connectivity index (χ0n) is 16.9. The van der Waals surface area contributed by atoms with E-state index in [4.69, 9.17) is 4.74 Å². The Kier molecular flexibility index (Phi) is 8.17. The number of ether oxygens (including phenoxy) is 1. The van der Waals surface area contributed by atoms with Gasteiger partial charge in [-0.2, -0.15) is 0 Å². The molecule has 2 aromatic rings. The number of rotatable bonds is 9. The molecular formula is C21H27N4O4+. The van der Waals surface area contributed by atoms with Crippen molar-refractivity contribution in [3.05, 3.63) is 54.1 Å². The Morgan fingerprint density at radius 1 is 0.931 bits per heavy atom. The van der Waals surface area contributed by atoms with E-state index in [1.165, 1.54) is 0 Å². The molecule has 1 atom stereocenters. The topological polar surface area (TPSA) is 101 Å². The van der Waals surface area contributed by atoms with E-state index in [0.29, 0.717) is 29.2 Å². The first-order valence-electron chi connectivity index (χ1n) is 9.34. The first kappa shape index (κ1) is 21.9. The van der Waals surface area contributed by atoms with Gasteiger partial charge in [0.2, 0.25) is 0 Å². The first-order valence-corrected chi connectivity index (χ1v) is 9.34. The molecule has 2 aromatic carbocycles. The van der Waals surface area contributed by atoms with E-state index >= 15 is 0 Å². The zero-order chi connectivity index (χ0) is 21.2. The van der Waals surface area contributed by atoms with Gasteiger partial charge in [0.15, 0.2) is 13.1 Å². The van der Waals surface area contributed by atoms with Gasteiger partial charge in [0.25, 0.3) is 17.7 Å². The Morgan fingerprint density at radius 3 is 2.10 bits per heavy atom. The lowest BCUT2D eigenvalue weighted by Crippen LogP contribution is -3.11. The van der Waals surface area contributed by atoms with Gasteiger partial charge in [0.05, 0.1) is 14.2 Å². The molecule has 0 bridgehead atoms. The fraction of sp³-hybridized carbons (Fsp3) is 0.286. The lowest BCUT2D eigenvalue weighted by Gasteiger charge is -2.14. The summed E-state index contributed by atoms with van der Waals surface area (Å²) in [4.78, 5) is 37.1. The van der Waals surface area contributed by atoms with Crippen LogP contribution in [0.1, 0.15) is 17.3 Å². The minimum Gasteiger partial charge on any atom is -0.497 e. The number of quaternary nitrogens is 1. The monoisotopic (exact) mass is 399 g/mol. The van der Waals surface area contributed by atoms with Gasteiger partial charge in [-0.3, -0.25) is 14.4 Å². The normalized spacial score (nSPS) is 11.3. The van der Waals surface area contributed by atoms with Crippen molar-refractivity contribution in [2.75, 3.05) is 44.4 Å². The minimum atomic E-state index is -0.246. The van der Waals surface area contributed by atoms with Gasteiger partial charge in [0.1, 0.15) is 5.75 Å². The molecule has 0 fully saturated rings. The number of likely N-dealkylation sites (N-methyl/N-ethyl adjacent to an activating group) is 1. The van der Waals surface area contributed by atoms with Gasteiger partial charge in [0, 0.05) is 29.5 Å². The molecule has 2 rings (SSSR count). The Labute approximate surface area is 170 Å². The Balaban J connectivity index is 1.84. The number of hydrogen-bond donors (Lipinski definition) is 4. The summed E-state index contributed by atoms with van der Waals surface area (Å²) >= 11 is 0. The van der Waals surface area contributed by atoms with Crippen LogP contribution in [0.5, 0.6) is 5.75 Å². The minimum absolute atomic E-state index is 0.108. The lowest BCUT2D eigenvalue weighted by atomic mass is 10.2. The molecule has 8 nitrogen and oxygen atoms in total. The predicted octanol–water partition coefficient (Wildman–Crippen LogP) is 0.537. The summed E-state index contributed by atoms with van der Waals surface area (Å²) in [5, 5.41) is 8.26. The number of carbonyl (C=O) groups excluding carboxylic acids is 3. The zero-order valence-corrected chi connectivity index (χ0v) is 16.9. The molecule has 0 aliphatic heterocycles. The maximum Gasteiger partial charge on any atom is 0.279 e. The second-order valence-corrected chi connectivity index (χ2v) is 6.58. The van der Waals surface area contributed by atoms with Crippen molar-refractivity contribution >= 4 is 29.1 Å². The van der Waals surface area contributed by atoms with Gasteiger partial charge in [-0.15, -0.1) is 0 Å². The SMILES string of the molecule is CCNC(=O)c1cccc(NC(=O)C[NH+](C)CC(=O)Nc2cccc(OC)c2)c1. The van der Waals surface area contributed by atoms with Gasteiger partial charge in [-0.1, -0.05) is 12.1 Å². The Morgan fingerprint density at radius 2 is 1.52 bits per heavy atom. The summed E-state index contributed by atoms with van der Waals surface area (Å²) in [6.07, 6.45) is 0. The van der Waals surface area contributed by atoms with E-state index in [1.807, 2.05) is 6.92 Å². The van der Waals surface area contributed by atoms with E-state index in [2.05, 4.69) is 16.0 Å². The highest BCUT2D eigenvalue weighted by atomic mass is 16.5. The predicted molar refractivity (Wildman–Crippen MR) is 111 cm³/mol. The number of nitrogens with one attached hydrogen (secondary N) is 4. The largest absolute Gasteiger partial charge is 0.497 e. The van der Waals surface area contributed by atoms with E-state index < -0.39 is 0 Å². The number of amides is 3. The molecule has 0 heterocycles. The van der Waals surface area contributed by atoms with Crippen molar-refractivity contribution in [3.8, 4) is 5.75 Å². The Hall–Kier alpha value is -3.39. The molecule has 0 aliphatic rings. The molecule has 0 radical (unpaired) electrons. The molecule has 0 aliphatic carbocycles. The third kappa shape index (κ3) is 7.27. The number of anilines is 2. The van der Waals surface area contributed by atoms with Crippen LogP contribution in [-0.4, -0.2) is 51.5 Å². The molecule has 0 saturated carbocycles. The summed E-state index contributed by atoms with van der Waals surface area (Å²) in [6, 6.07) is 13.8. The first-order chi connectivity index (χ1) is 13.9.